The van der Waals surface area contributed by atoms with Crippen LogP contribution in [0.5, 0.6) is 17.2 Å². The molecule has 0 bridgehead atoms. The van der Waals surface area contributed by atoms with Crippen molar-refractivity contribution in [2.45, 2.75) is 6.36 Å². The lowest BCUT2D eigenvalue weighted by Crippen LogP contribution is -2.18. The average molecular weight is 484 g/mol. The molecule has 0 unspecified atom stereocenters. The zero-order chi connectivity index (χ0) is 25.0. The molecule has 10 nitrogen and oxygen atoms in total. The van der Waals surface area contributed by atoms with Crippen molar-refractivity contribution < 1.29 is 32.2 Å². The van der Waals surface area contributed by atoms with Crippen molar-refractivity contribution in [3.8, 4) is 17.2 Å². The standard InChI is InChI=1S/C22H15F3N6O4/c1-26-20(33)18-11-14(7-8-27-18)34-13-5-6-16-17(10-13)28-21(31-30-16)29-19(32)12-3-2-4-15(9-12)35-22(23,24)25/h2-11H,1H3,(H,26,33)(H,28,29,31,32). The first-order valence-electron chi connectivity index (χ1n) is 9.88. The number of benzene rings is 2. The van der Waals surface area contributed by atoms with Crippen molar-refractivity contribution in [1.82, 2.24) is 25.5 Å². The molecule has 0 aliphatic rings. The first kappa shape index (κ1) is 23.4. The van der Waals surface area contributed by atoms with Gasteiger partial charge in [0.05, 0.1) is 5.52 Å². The van der Waals surface area contributed by atoms with Gasteiger partial charge in [-0.25, -0.2) is 4.98 Å². The van der Waals surface area contributed by atoms with Crippen molar-refractivity contribution in [3.63, 3.8) is 0 Å². The second-order valence-corrected chi connectivity index (χ2v) is 6.87. The van der Waals surface area contributed by atoms with Crippen LogP contribution in [0.25, 0.3) is 11.0 Å². The maximum atomic E-state index is 12.5. The Morgan fingerprint density at radius 2 is 1.69 bits per heavy atom. The van der Waals surface area contributed by atoms with Gasteiger partial charge in [0.25, 0.3) is 11.8 Å². The number of pyridine rings is 1. The summed E-state index contributed by atoms with van der Waals surface area (Å²) >= 11 is 0. The van der Waals surface area contributed by atoms with E-state index in [1.54, 1.807) is 18.2 Å². The molecular formula is C22H15F3N6O4. The van der Waals surface area contributed by atoms with Crippen LogP contribution in [0.3, 0.4) is 0 Å². The number of carbonyl (C=O) groups excluding carboxylic acids is 2. The predicted molar refractivity (Wildman–Crippen MR) is 116 cm³/mol. The van der Waals surface area contributed by atoms with Crippen LogP contribution in [-0.2, 0) is 0 Å². The molecule has 35 heavy (non-hydrogen) atoms. The number of fused-ring (bicyclic) bond motifs is 1. The molecule has 0 atom stereocenters. The summed E-state index contributed by atoms with van der Waals surface area (Å²) in [7, 11) is 1.48. The molecule has 0 aliphatic heterocycles. The maximum Gasteiger partial charge on any atom is 0.573 e. The maximum absolute atomic E-state index is 12.5. The SMILES string of the molecule is CNC(=O)c1cc(Oc2ccc3nnc(NC(=O)c4cccc(OC(F)(F)F)c4)nc3c2)ccn1. The summed E-state index contributed by atoms with van der Waals surface area (Å²) in [5.41, 5.74) is 0.792. The first-order valence-corrected chi connectivity index (χ1v) is 9.88. The molecule has 2 heterocycles. The number of amides is 2. The van der Waals surface area contributed by atoms with Crippen LogP contribution in [-0.4, -0.2) is 45.4 Å². The Morgan fingerprint density at radius 3 is 2.46 bits per heavy atom. The molecule has 2 aromatic heterocycles. The second kappa shape index (κ2) is 9.59. The highest BCUT2D eigenvalue weighted by Gasteiger charge is 2.31. The van der Waals surface area contributed by atoms with E-state index in [1.165, 1.54) is 37.5 Å². The van der Waals surface area contributed by atoms with Crippen LogP contribution in [0, 0.1) is 0 Å². The van der Waals surface area contributed by atoms with Gasteiger partial charge in [0.2, 0.25) is 5.95 Å². The molecule has 0 aliphatic carbocycles. The molecule has 0 saturated carbocycles. The highest BCUT2D eigenvalue weighted by molar-refractivity contribution is 6.03. The van der Waals surface area contributed by atoms with Crippen LogP contribution in [0.4, 0.5) is 19.1 Å². The van der Waals surface area contributed by atoms with E-state index in [9.17, 15) is 22.8 Å². The second-order valence-electron chi connectivity index (χ2n) is 6.87. The minimum absolute atomic E-state index is 0.0999. The Balaban J connectivity index is 1.52. The van der Waals surface area contributed by atoms with Crippen LogP contribution in [0.2, 0.25) is 0 Å². The predicted octanol–water partition coefficient (Wildman–Crippen LogP) is 3.72. The summed E-state index contributed by atoms with van der Waals surface area (Å²) in [4.78, 5) is 32.4. The normalized spacial score (nSPS) is 11.1. The number of rotatable bonds is 6. The zero-order valence-corrected chi connectivity index (χ0v) is 17.8. The van der Waals surface area contributed by atoms with Crippen molar-refractivity contribution in [2.75, 3.05) is 12.4 Å². The summed E-state index contributed by atoms with van der Waals surface area (Å²) in [6.07, 6.45) is -3.46. The van der Waals surface area contributed by atoms with Crippen LogP contribution < -0.4 is 20.1 Å². The van der Waals surface area contributed by atoms with Gasteiger partial charge in [-0.1, -0.05) is 6.07 Å². The number of hydrogen-bond donors (Lipinski definition) is 2. The van der Waals surface area contributed by atoms with Gasteiger partial charge in [0.1, 0.15) is 28.5 Å². The van der Waals surface area contributed by atoms with Crippen molar-refractivity contribution in [1.29, 1.82) is 0 Å². The lowest BCUT2D eigenvalue weighted by atomic mass is 10.2. The van der Waals surface area contributed by atoms with Gasteiger partial charge in [-0.3, -0.25) is 19.9 Å². The molecule has 4 rings (SSSR count). The third-order valence-electron chi connectivity index (χ3n) is 4.41. The van der Waals surface area contributed by atoms with E-state index in [2.05, 4.69) is 35.5 Å². The van der Waals surface area contributed by atoms with Gasteiger partial charge in [-0.2, -0.15) is 0 Å². The van der Waals surface area contributed by atoms with E-state index >= 15 is 0 Å². The number of nitrogens with one attached hydrogen (secondary N) is 2. The molecule has 0 spiro atoms. The Hall–Kier alpha value is -4.81. The summed E-state index contributed by atoms with van der Waals surface area (Å²) in [6.45, 7) is 0. The molecular weight excluding hydrogens is 469 g/mol. The van der Waals surface area contributed by atoms with Gasteiger partial charge < -0.3 is 14.8 Å². The molecule has 0 radical (unpaired) electrons. The van der Waals surface area contributed by atoms with E-state index < -0.39 is 18.0 Å². The summed E-state index contributed by atoms with van der Waals surface area (Å²) in [5, 5.41) is 12.6. The summed E-state index contributed by atoms with van der Waals surface area (Å²) in [6, 6.07) is 12.3. The molecule has 4 aromatic rings. The molecule has 0 fully saturated rings. The van der Waals surface area contributed by atoms with E-state index in [4.69, 9.17) is 4.74 Å². The fourth-order valence-electron chi connectivity index (χ4n) is 2.90. The smallest absolute Gasteiger partial charge is 0.457 e. The number of halogens is 3. The van der Waals surface area contributed by atoms with Crippen molar-refractivity contribution in [3.05, 3.63) is 72.1 Å². The minimum Gasteiger partial charge on any atom is -0.457 e. The third-order valence-corrected chi connectivity index (χ3v) is 4.41. The van der Waals surface area contributed by atoms with Gasteiger partial charge in [-0.05, 0) is 36.4 Å². The Bertz CT molecular complexity index is 1410. The van der Waals surface area contributed by atoms with E-state index in [-0.39, 0.29) is 23.1 Å². The zero-order valence-electron chi connectivity index (χ0n) is 17.8. The van der Waals surface area contributed by atoms with Gasteiger partial charge in [0, 0.05) is 30.9 Å². The summed E-state index contributed by atoms with van der Waals surface area (Å²) in [5.74, 6) is -1.13. The number of aromatic nitrogens is 4. The lowest BCUT2D eigenvalue weighted by molar-refractivity contribution is -0.274. The number of alkyl halides is 3. The molecule has 13 heteroatoms. The quantitative estimate of drug-likeness (QED) is 0.424. The highest BCUT2D eigenvalue weighted by atomic mass is 19.4. The molecule has 2 amide bonds. The monoisotopic (exact) mass is 484 g/mol. The minimum atomic E-state index is -4.89. The van der Waals surface area contributed by atoms with Gasteiger partial charge in [0.15, 0.2) is 0 Å². The van der Waals surface area contributed by atoms with Crippen LogP contribution in [0.15, 0.2) is 60.8 Å². The van der Waals surface area contributed by atoms with E-state index in [0.29, 0.717) is 22.5 Å². The first-order chi connectivity index (χ1) is 16.7. The highest BCUT2D eigenvalue weighted by Crippen LogP contribution is 2.26. The van der Waals surface area contributed by atoms with E-state index in [1.807, 2.05) is 0 Å². The topological polar surface area (TPSA) is 128 Å². The van der Waals surface area contributed by atoms with Crippen molar-refractivity contribution >= 4 is 28.8 Å². The summed E-state index contributed by atoms with van der Waals surface area (Å²) < 4.78 is 46.9. The molecule has 0 saturated heterocycles. The fraction of sp³-hybridized carbons (Fsp3) is 0.0909. The number of anilines is 1. The Labute approximate surface area is 195 Å². The molecule has 2 aromatic carbocycles. The number of carbonyl (C=O) groups is 2. The van der Waals surface area contributed by atoms with E-state index in [0.717, 1.165) is 12.1 Å². The van der Waals surface area contributed by atoms with Gasteiger partial charge >= 0.3 is 6.36 Å². The molecule has 2 N–H and O–H groups in total. The third kappa shape index (κ3) is 5.96. The van der Waals surface area contributed by atoms with Gasteiger partial charge in [-0.15, -0.1) is 23.4 Å². The lowest BCUT2D eigenvalue weighted by Gasteiger charge is -2.10. The van der Waals surface area contributed by atoms with Crippen molar-refractivity contribution in [2.24, 2.45) is 0 Å². The average Bonchev–Trinajstić information content (AvgIpc) is 2.82. The fourth-order valence-corrected chi connectivity index (χ4v) is 2.90. The van der Waals surface area contributed by atoms with Crippen LogP contribution in [0.1, 0.15) is 20.8 Å². The molecule has 178 valence electrons. The number of hydrogen-bond acceptors (Lipinski definition) is 8. The number of ether oxygens (including phenoxy) is 2. The Kier molecular flexibility index (Phi) is 6.40. The number of nitrogens with zero attached hydrogens (tertiary/aromatic N) is 4. The largest absolute Gasteiger partial charge is 0.573 e. The Morgan fingerprint density at radius 1 is 0.886 bits per heavy atom. The van der Waals surface area contributed by atoms with Crippen LogP contribution >= 0.6 is 0 Å².